The van der Waals surface area contributed by atoms with E-state index >= 15 is 0 Å². The number of amides is 2. The summed E-state index contributed by atoms with van der Waals surface area (Å²) in [6, 6.07) is 5.99. The number of nitrogens with zero attached hydrogens (tertiary/aromatic N) is 1. The van der Waals surface area contributed by atoms with Gasteiger partial charge in [-0.2, -0.15) is 0 Å². The number of carbonyl (C=O) groups excluding carboxylic acids is 2. The molecule has 0 spiro atoms. The Morgan fingerprint density at radius 2 is 1.96 bits per heavy atom. The average Bonchev–Trinajstić information content (AvgIpc) is 2.92. The SMILES string of the molecule is CN(C)CCNC(=O)c1cccc(CNC(=O)C2CC(F)(F)CN2)c1.Cl.Cl. The van der Waals surface area contributed by atoms with E-state index in [9.17, 15) is 18.4 Å². The second kappa shape index (κ2) is 11.4. The summed E-state index contributed by atoms with van der Waals surface area (Å²) in [5.41, 5.74) is 1.23. The van der Waals surface area contributed by atoms with Gasteiger partial charge in [-0.1, -0.05) is 12.1 Å². The highest BCUT2D eigenvalue weighted by molar-refractivity contribution is 5.94. The molecule has 1 aliphatic rings. The topological polar surface area (TPSA) is 73.5 Å². The number of benzene rings is 1. The van der Waals surface area contributed by atoms with Gasteiger partial charge in [-0.25, -0.2) is 8.78 Å². The fourth-order valence-corrected chi connectivity index (χ4v) is 2.53. The normalized spacial score (nSPS) is 17.6. The van der Waals surface area contributed by atoms with E-state index in [0.29, 0.717) is 12.1 Å². The van der Waals surface area contributed by atoms with Crippen LogP contribution >= 0.6 is 24.8 Å². The maximum Gasteiger partial charge on any atom is 0.262 e. The Kier molecular flexibility index (Phi) is 10.8. The number of hydrogen-bond acceptors (Lipinski definition) is 4. The lowest BCUT2D eigenvalue weighted by Crippen LogP contribution is -2.40. The molecule has 0 saturated carbocycles. The van der Waals surface area contributed by atoms with Crippen LogP contribution in [-0.4, -0.2) is 62.4 Å². The molecule has 2 amide bonds. The molecule has 2 rings (SSSR count). The van der Waals surface area contributed by atoms with E-state index in [0.717, 1.165) is 12.1 Å². The van der Waals surface area contributed by atoms with Crippen molar-refractivity contribution in [2.75, 3.05) is 33.7 Å². The molecule has 154 valence electrons. The first-order chi connectivity index (χ1) is 11.8. The van der Waals surface area contributed by atoms with Gasteiger partial charge < -0.3 is 15.5 Å². The minimum atomic E-state index is -2.84. The fourth-order valence-electron chi connectivity index (χ4n) is 2.53. The van der Waals surface area contributed by atoms with E-state index in [1.165, 1.54) is 0 Å². The summed E-state index contributed by atoms with van der Waals surface area (Å²) < 4.78 is 26.2. The van der Waals surface area contributed by atoms with Crippen molar-refractivity contribution in [3.63, 3.8) is 0 Å². The smallest absolute Gasteiger partial charge is 0.262 e. The van der Waals surface area contributed by atoms with Crippen LogP contribution in [0.2, 0.25) is 0 Å². The van der Waals surface area contributed by atoms with Crippen LogP contribution in [-0.2, 0) is 11.3 Å². The summed E-state index contributed by atoms with van der Waals surface area (Å²) in [5, 5.41) is 7.96. The summed E-state index contributed by atoms with van der Waals surface area (Å²) >= 11 is 0. The number of rotatable bonds is 7. The minimum absolute atomic E-state index is 0. The van der Waals surface area contributed by atoms with Crippen LogP contribution in [0.1, 0.15) is 22.3 Å². The molecule has 1 heterocycles. The van der Waals surface area contributed by atoms with Gasteiger partial charge >= 0.3 is 0 Å². The van der Waals surface area contributed by atoms with E-state index in [-0.39, 0.29) is 37.3 Å². The average molecular weight is 427 g/mol. The highest BCUT2D eigenvalue weighted by atomic mass is 35.5. The molecule has 1 unspecified atom stereocenters. The maximum atomic E-state index is 13.1. The molecule has 3 N–H and O–H groups in total. The monoisotopic (exact) mass is 426 g/mol. The van der Waals surface area contributed by atoms with Crippen molar-refractivity contribution < 1.29 is 18.4 Å². The third-order valence-corrected chi connectivity index (χ3v) is 3.93. The highest BCUT2D eigenvalue weighted by Crippen LogP contribution is 2.25. The lowest BCUT2D eigenvalue weighted by atomic mass is 10.1. The number of alkyl halides is 2. The van der Waals surface area contributed by atoms with Crippen molar-refractivity contribution in [3.05, 3.63) is 35.4 Å². The lowest BCUT2D eigenvalue weighted by molar-refractivity contribution is -0.123. The van der Waals surface area contributed by atoms with Crippen LogP contribution in [0.3, 0.4) is 0 Å². The van der Waals surface area contributed by atoms with E-state index in [1.807, 2.05) is 19.0 Å². The Morgan fingerprint density at radius 1 is 1.26 bits per heavy atom. The summed E-state index contributed by atoms with van der Waals surface area (Å²) in [7, 11) is 3.84. The molecule has 1 aromatic carbocycles. The standard InChI is InChI=1S/C17H24F2N4O2.2ClH/c1-23(2)7-6-20-15(24)13-5-3-4-12(8-13)10-21-16(25)14-9-17(18,19)11-22-14;;/h3-5,8,14,22H,6-7,9-11H2,1-2H3,(H,20,24)(H,21,25);2*1H. The van der Waals surface area contributed by atoms with Gasteiger partial charge in [-0.05, 0) is 31.8 Å². The quantitative estimate of drug-likeness (QED) is 0.616. The van der Waals surface area contributed by atoms with E-state index in [2.05, 4.69) is 16.0 Å². The van der Waals surface area contributed by atoms with Crippen LogP contribution in [0.25, 0.3) is 0 Å². The molecule has 0 bridgehead atoms. The first-order valence-electron chi connectivity index (χ1n) is 8.18. The van der Waals surface area contributed by atoms with Crippen LogP contribution < -0.4 is 16.0 Å². The Labute approximate surface area is 170 Å². The number of carbonyl (C=O) groups is 2. The van der Waals surface area contributed by atoms with Gasteiger partial charge in [0.1, 0.15) is 0 Å². The van der Waals surface area contributed by atoms with Gasteiger partial charge in [0.2, 0.25) is 5.91 Å². The molecule has 6 nitrogen and oxygen atoms in total. The maximum absolute atomic E-state index is 13.1. The first-order valence-corrected chi connectivity index (χ1v) is 8.18. The van der Waals surface area contributed by atoms with Crippen LogP contribution in [0.4, 0.5) is 8.78 Å². The largest absolute Gasteiger partial charge is 0.351 e. The van der Waals surface area contributed by atoms with Crippen molar-refractivity contribution in [1.82, 2.24) is 20.9 Å². The van der Waals surface area contributed by atoms with Gasteiger partial charge in [-0.15, -0.1) is 24.8 Å². The third-order valence-electron chi connectivity index (χ3n) is 3.93. The first kappa shape index (κ1) is 25.5. The third kappa shape index (κ3) is 8.38. The molecule has 0 aliphatic carbocycles. The van der Waals surface area contributed by atoms with Crippen LogP contribution in [0, 0.1) is 0 Å². The number of halogens is 4. The zero-order valence-electron chi connectivity index (χ0n) is 15.3. The van der Waals surface area contributed by atoms with Gasteiger partial charge in [-0.3, -0.25) is 14.9 Å². The van der Waals surface area contributed by atoms with Crippen LogP contribution in [0.5, 0.6) is 0 Å². The second-order valence-corrected chi connectivity index (χ2v) is 6.47. The zero-order valence-corrected chi connectivity index (χ0v) is 16.9. The molecule has 1 atom stereocenters. The molecular formula is C17H26Cl2F2N4O2. The summed E-state index contributed by atoms with van der Waals surface area (Å²) in [4.78, 5) is 26.0. The Balaban J connectivity index is 0.00000338. The molecule has 1 saturated heterocycles. The van der Waals surface area contributed by atoms with E-state index in [4.69, 9.17) is 0 Å². The fraction of sp³-hybridized carbons (Fsp3) is 0.529. The molecule has 1 aliphatic heterocycles. The highest BCUT2D eigenvalue weighted by Gasteiger charge is 2.42. The number of hydrogen-bond donors (Lipinski definition) is 3. The van der Waals surface area contributed by atoms with Crippen molar-refractivity contribution in [3.8, 4) is 0 Å². The van der Waals surface area contributed by atoms with E-state index < -0.39 is 30.8 Å². The molecule has 10 heteroatoms. The van der Waals surface area contributed by atoms with Crippen molar-refractivity contribution >= 4 is 36.6 Å². The van der Waals surface area contributed by atoms with E-state index in [1.54, 1.807) is 24.3 Å². The molecule has 0 aromatic heterocycles. The van der Waals surface area contributed by atoms with Gasteiger partial charge in [0.15, 0.2) is 0 Å². The van der Waals surface area contributed by atoms with Gasteiger partial charge in [0, 0.05) is 31.6 Å². The number of nitrogens with one attached hydrogen (secondary N) is 3. The lowest BCUT2D eigenvalue weighted by Gasteiger charge is -2.12. The van der Waals surface area contributed by atoms with Crippen LogP contribution in [0.15, 0.2) is 24.3 Å². The zero-order chi connectivity index (χ0) is 18.4. The molecule has 1 aromatic rings. The second-order valence-electron chi connectivity index (χ2n) is 6.47. The Bertz CT molecular complexity index is 633. The summed E-state index contributed by atoms with van der Waals surface area (Å²) in [6.45, 7) is 0.976. The summed E-state index contributed by atoms with van der Waals surface area (Å²) in [5.74, 6) is -3.49. The van der Waals surface area contributed by atoms with Gasteiger partial charge in [0.25, 0.3) is 11.8 Å². The predicted molar refractivity (Wildman–Crippen MR) is 105 cm³/mol. The summed E-state index contributed by atoms with van der Waals surface area (Å²) in [6.07, 6.45) is -0.493. The molecule has 0 radical (unpaired) electrons. The Morgan fingerprint density at radius 3 is 2.56 bits per heavy atom. The molecule has 27 heavy (non-hydrogen) atoms. The van der Waals surface area contributed by atoms with Crippen molar-refractivity contribution in [1.29, 1.82) is 0 Å². The van der Waals surface area contributed by atoms with Crippen molar-refractivity contribution in [2.45, 2.75) is 24.9 Å². The molecular weight excluding hydrogens is 401 g/mol. The minimum Gasteiger partial charge on any atom is -0.351 e. The van der Waals surface area contributed by atoms with Gasteiger partial charge in [0.05, 0.1) is 12.6 Å². The Hall–Kier alpha value is -1.48. The van der Waals surface area contributed by atoms with Crippen molar-refractivity contribution in [2.24, 2.45) is 0 Å². The number of likely N-dealkylation sites (N-methyl/N-ethyl adjacent to an activating group) is 1. The predicted octanol–water partition coefficient (Wildman–Crippen LogP) is 1.43. The molecule has 1 fully saturated rings.